The van der Waals surface area contributed by atoms with Crippen LogP contribution in [0.15, 0.2) is 36.5 Å². The van der Waals surface area contributed by atoms with Crippen LogP contribution in [0.4, 0.5) is 0 Å². The molecule has 1 aliphatic rings. The Hall–Kier alpha value is -1.61. The summed E-state index contributed by atoms with van der Waals surface area (Å²) in [5, 5.41) is 1.12. The summed E-state index contributed by atoms with van der Waals surface area (Å²) in [6, 6.07) is 10.2. The maximum Gasteiger partial charge on any atom is 0.224 e. The fourth-order valence-electron chi connectivity index (χ4n) is 2.48. The molecule has 0 spiro atoms. The number of aromatic nitrogens is 1. The van der Waals surface area contributed by atoms with Crippen molar-refractivity contribution in [2.75, 3.05) is 13.1 Å². The number of benzene rings is 1. The van der Waals surface area contributed by atoms with Gasteiger partial charge in [0.1, 0.15) is 0 Å². The molecule has 3 nitrogen and oxygen atoms in total. The van der Waals surface area contributed by atoms with E-state index in [1.165, 1.54) is 5.56 Å². The number of nitrogens with zero attached hydrogens (tertiary/aromatic N) is 2. The van der Waals surface area contributed by atoms with E-state index in [9.17, 15) is 4.79 Å². The van der Waals surface area contributed by atoms with Gasteiger partial charge in [-0.25, -0.2) is 0 Å². The molecule has 0 bridgehead atoms. The predicted molar refractivity (Wildman–Crippen MR) is 76.3 cm³/mol. The molecule has 1 aliphatic heterocycles. The molecule has 2 aromatic rings. The highest BCUT2D eigenvalue weighted by molar-refractivity contribution is 6.22. The van der Waals surface area contributed by atoms with Crippen LogP contribution in [0.2, 0.25) is 0 Å². The van der Waals surface area contributed by atoms with Gasteiger partial charge < -0.3 is 4.90 Å². The lowest BCUT2D eigenvalue weighted by molar-refractivity contribution is -0.127. The van der Waals surface area contributed by atoms with Crippen LogP contribution in [0.25, 0.3) is 10.9 Å². The van der Waals surface area contributed by atoms with Crippen LogP contribution < -0.4 is 0 Å². The molecular weight excluding hydrogens is 260 g/mol. The van der Waals surface area contributed by atoms with Crippen molar-refractivity contribution >= 4 is 28.4 Å². The first-order chi connectivity index (χ1) is 9.22. The van der Waals surface area contributed by atoms with E-state index >= 15 is 0 Å². The van der Waals surface area contributed by atoms with Crippen LogP contribution in [-0.4, -0.2) is 34.3 Å². The monoisotopic (exact) mass is 274 g/mol. The summed E-state index contributed by atoms with van der Waals surface area (Å²) in [5.74, 6) is 0.169. The summed E-state index contributed by atoms with van der Waals surface area (Å²) >= 11 is 5.99. The number of likely N-dealkylation sites (tertiary alicyclic amines) is 1. The molecule has 1 unspecified atom stereocenters. The van der Waals surface area contributed by atoms with E-state index in [2.05, 4.69) is 23.2 Å². The molecule has 1 amide bonds. The molecule has 1 fully saturated rings. The van der Waals surface area contributed by atoms with E-state index in [0.717, 1.165) is 23.9 Å². The molecule has 0 saturated carbocycles. The van der Waals surface area contributed by atoms with Crippen molar-refractivity contribution in [3.05, 3.63) is 42.1 Å². The summed E-state index contributed by atoms with van der Waals surface area (Å²) in [6.45, 7) is 1.42. The zero-order valence-corrected chi connectivity index (χ0v) is 11.3. The minimum absolute atomic E-state index is 0.0201. The Kier molecular flexibility index (Phi) is 3.38. The Morgan fingerprint density at radius 1 is 1.37 bits per heavy atom. The SMILES string of the molecule is O=C1CC(Cl)CN1CCc1ccc2ncccc2c1. The molecule has 3 rings (SSSR count). The lowest BCUT2D eigenvalue weighted by atomic mass is 10.1. The summed E-state index contributed by atoms with van der Waals surface area (Å²) < 4.78 is 0. The summed E-state index contributed by atoms with van der Waals surface area (Å²) in [7, 11) is 0. The van der Waals surface area contributed by atoms with E-state index in [-0.39, 0.29) is 11.3 Å². The number of pyridine rings is 1. The predicted octanol–water partition coefficient (Wildman–Crippen LogP) is 2.62. The second-order valence-electron chi connectivity index (χ2n) is 4.92. The highest BCUT2D eigenvalue weighted by Gasteiger charge is 2.27. The van der Waals surface area contributed by atoms with Gasteiger partial charge in [-0.15, -0.1) is 11.6 Å². The zero-order chi connectivity index (χ0) is 13.2. The van der Waals surface area contributed by atoms with Gasteiger partial charge >= 0.3 is 0 Å². The first-order valence-electron chi connectivity index (χ1n) is 6.48. The van der Waals surface area contributed by atoms with Crippen LogP contribution in [0.1, 0.15) is 12.0 Å². The molecule has 2 heterocycles. The van der Waals surface area contributed by atoms with Crippen LogP contribution in [-0.2, 0) is 11.2 Å². The molecule has 1 saturated heterocycles. The van der Waals surface area contributed by atoms with Crippen LogP contribution in [0, 0.1) is 0 Å². The second kappa shape index (κ2) is 5.17. The molecule has 19 heavy (non-hydrogen) atoms. The largest absolute Gasteiger partial charge is 0.341 e. The zero-order valence-electron chi connectivity index (χ0n) is 10.6. The van der Waals surface area contributed by atoms with Crippen molar-refractivity contribution in [2.24, 2.45) is 0 Å². The highest BCUT2D eigenvalue weighted by Crippen LogP contribution is 2.18. The highest BCUT2D eigenvalue weighted by atomic mass is 35.5. The van der Waals surface area contributed by atoms with Gasteiger partial charge in [0.2, 0.25) is 5.91 Å². The minimum atomic E-state index is -0.0201. The summed E-state index contributed by atoms with van der Waals surface area (Å²) in [4.78, 5) is 17.8. The van der Waals surface area contributed by atoms with Crippen molar-refractivity contribution in [3.63, 3.8) is 0 Å². The smallest absolute Gasteiger partial charge is 0.224 e. The van der Waals surface area contributed by atoms with Crippen molar-refractivity contribution in [3.8, 4) is 0 Å². The number of carbonyl (C=O) groups is 1. The summed E-state index contributed by atoms with van der Waals surface area (Å²) in [5.41, 5.74) is 2.23. The first-order valence-corrected chi connectivity index (χ1v) is 6.91. The molecule has 98 valence electrons. The van der Waals surface area contributed by atoms with Gasteiger partial charge in [-0.1, -0.05) is 12.1 Å². The van der Waals surface area contributed by atoms with Gasteiger partial charge in [-0.3, -0.25) is 9.78 Å². The number of halogens is 1. The number of rotatable bonds is 3. The third kappa shape index (κ3) is 2.71. The fourth-order valence-corrected chi connectivity index (χ4v) is 2.78. The van der Waals surface area contributed by atoms with Crippen LogP contribution in [0.5, 0.6) is 0 Å². The van der Waals surface area contributed by atoms with E-state index in [0.29, 0.717) is 13.0 Å². The number of fused-ring (bicyclic) bond motifs is 1. The van der Waals surface area contributed by atoms with E-state index < -0.39 is 0 Å². The molecule has 4 heteroatoms. The van der Waals surface area contributed by atoms with Gasteiger partial charge in [-0.05, 0) is 30.2 Å². The normalized spacial score (nSPS) is 19.3. The molecule has 0 radical (unpaired) electrons. The van der Waals surface area contributed by atoms with Crippen LogP contribution in [0.3, 0.4) is 0 Å². The summed E-state index contributed by atoms with van der Waals surface area (Å²) in [6.07, 6.45) is 3.13. The van der Waals surface area contributed by atoms with E-state index in [1.807, 2.05) is 17.0 Å². The van der Waals surface area contributed by atoms with Crippen molar-refractivity contribution < 1.29 is 4.79 Å². The van der Waals surface area contributed by atoms with Crippen molar-refractivity contribution in [2.45, 2.75) is 18.2 Å². The molecule has 1 aromatic heterocycles. The topological polar surface area (TPSA) is 33.2 Å². The third-order valence-electron chi connectivity index (χ3n) is 3.51. The quantitative estimate of drug-likeness (QED) is 0.806. The lowest BCUT2D eigenvalue weighted by Gasteiger charge is -2.15. The van der Waals surface area contributed by atoms with Crippen molar-refractivity contribution in [1.82, 2.24) is 9.88 Å². The van der Waals surface area contributed by atoms with Gasteiger partial charge in [0.05, 0.1) is 10.9 Å². The molecule has 0 N–H and O–H groups in total. The van der Waals surface area contributed by atoms with Crippen LogP contribution >= 0.6 is 11.6 Å². The van der Waals surface area contributed by atoms with Crippen molar-refractivity contribution in [1.29, 1.82) is 0 Å². The average Bonchev–Trinajstić information content (AvgIpc) is 2.74. The minimum Gasteiger partial charge on any atom is -0.341 e. The Morgan fingerprint density at radius 3 is 3.05 bits per heavy atom. The Labute approximate surface area is 117 Å². The number of amides is 1. The maximum absolute atomic E-state index is 11.6. The Morgan fingerprint density at radius 2 is 2.26 bits per heavy atom. The number of alkyl halides is 1. The first kappa shape index (κ1) is 12.4. The lowest BCUT2D eigenvalue weighted by Crippen LogP contribution is -2.27. The average molecular weight is 275 g/mol. The number of carbonyl (C=O) groups excluding carboxylic acids is 1. The fraction of sp³-hybridized carbons (Fsp3) is 0.333. The molecule has 0 aliphatic carbocycles. The van der Waals surface area contributed by atoms with Gasteiger partial charge in [-0.2, -0.15) is 0 Å². The Bertz CT molecular complexity index is 614. The van der Waals surface area contributed by atoms with E-state index in [4.69, 9.17) is 11.6 Å². The Balaban J connectivity index is 1.70. The van der Waals surface area contributed by atoms with E-state index in [1.54, 1.807) is 6.20 Å². The number of hydrogen-bond acceptors (Lipinski definition) is 2. The second-order valence-corrected chi connectivity index (χ2v) is 5.54. The standard InChI is InChI=1S/C15H15ClN2O/c16-13-9-15(19)18(10-13)7-5-11-3-4-14-12(8-11)2-1-6-17-14/h1-4,6,8,13H,5,7,9-10H2. The molecule has 1 aromatic carbocycles. The molecule has 1 atom stereocenters. The molecular formula is C15H15ClN2O. The number of hydrogen-bond donors (Lipinski definition) is 0. The van der Waals surface area contributed by atoms with Gasteiger partial charge in [0.25, 0.3) is 0 Å². The maximum atomic E-state index is 11.6. The van der Waals surface area contributed by atoms with Gasteiger partial charge in [0, 0.05) is 31.1 Å². The third-order valence-corrected chi connectivity index (χ3v) is 3.80. The van der Waals surface area contributed by atoms with Gasteiger partial charge in [0.15, 0.2) is 0 Å².